The van der Waals surface area contributed by atoms with E-state index in [-0.39, 0.29) is 12.1 Å². The van der Waals surface area contributed by atoms with E-state index in [9.17, 15) is 0 Å². The number of anilines is 1. The smallest absolute Gasteiger partial charge is 0.107 e. The highest BCUT2D eigenvalue weighted by Gasteiger charge is 2.25. The topological polar surface area (TPSA) is 60.2 Å². The predicted octanol–water partition coefficient (Wildman–Crippen LogP) is 2.46. The summed E-state index contributed by atoms with van der Waals surface area (Å²) in [6, 6.07) is 8.26. The summed E-state index contributed by atoms with van der Waals surface area (Å²) in [5.74, 6) is 0. The Balaban J connectivity index is 2.09. The Hall–Kier alpha value is -1.72. The molecule has 0 saturated carbocycles. The molecule has 1 aliphatic heterocycles. The van der Waals surface area contributed by atoms with Crippen LogP contribution in [0.15, 0.2) is 30.5 Å². The van der Waals surface area contributed by atoms with E-state index < -0.39 is 0 Å². The number of rotatable bonds is 3. The van der Waals surface area contributed by atoms with Crippen molar-refractivity contribution in [2.45, 2.75) is 25.5 Å². The molecule has 0 aliphatic carbocycles. The van der Waals surface area contributed by atoms with Crippen molar-refractivity contribution < 1.29 is 4.74 Å². The number of nitrogens with two attached hydrogens (primary N) is 1. The molecular formula is C15H17N3OS. The summed E-state index contributed by atoms with van der Waals surface area (Å²) in [5.41, 5.74) is 8.52. The van der Waals surface area contributed by atoms with Crippen LogP contribution in [0.25, 0.3) is 10.9 Å². The van der Waals surface area contributed by atoms with E-state index in [0.29, 0.717) is 4.99 Å². The fraction of sp³-hybridized carbons (Fsp3) is 0.333. The maximum absolute atomic E-state index is 5.83. The molecule has 1 fully saturated rings. The first-order chi connectivity index (χ1) is 9.66. The minimum Gasteiger partial charge on any atom is -0.389 e. The van der Waals surface area contributed by atoms with Gasteiger partial charge in [-0.05, 0) is 19.4 Å². The number of para-hydroxylation sites is 1. The first-order valence-corrected chi connectivity index (χ1v) is 7.13. The number of pyridine rings is 1. The third kappa shape index (κ3) is 2.34. The molecule has 2 atom stereocenters. The lowest BCUT2D eigenvalue weighted by atomic mass is 10.1. The third-order valence-corrected chi connectivity index (χ3v) is 3.97. The van der Waals surface area contributed by atoms with Gasteiger partial charge in [-0.25, -0.2) is 0 Å². The minimum atomic E-state index is 0.182. The van der Waals surface area contributed by atoms with Gasteiger partial charge in [-0.2, -0.15) is 0 Å². The first kappa shape index (κ1) is 13.3. The Labute approximate surface area is 123 Å². The molecule has 5 heteroatoms. The van der Waals surface area contributed by atoms with E-state index in [1.165, 1.54) is 0 Å². The van der Waals surface area contributed by atoms with Gasteiger partial charge in [0, 0.05) is 18.2 Å². The van der Waals surface area contributed by atoms with Crippen molar-refractivity contribution in [3.8, 4) is 0 Å². The zero-order valence-corrected chi connectivity index (χ0v) is 12.1. The number of benzene rings is 1. The van der Waals surface area contributed by atoms with Crippen LogP contribution in [0.1, 0.15) is 18.9 Å². The second kappa shape index (κ2) is 5.34. The van der Waals surface area contributed by atoms with Crippen molar-refractivity contribution in [2.75, 3.05) is 11.9 Å². The number of thiocarbonyl (C=S) groups is 1. The summed E-state index contributed by atoms with van der Waals surface area (Å²) in [4.78, 5) is 4.78. The van der Waals surface area contributed by atoms with Gasteiger partial charge in [0.05, 0.1) is 28.9 Å². The molecule has 1 aromatic carbocycles. The van der Waals surface area contributed by atoms with Crippen molar-refractivity contribution in [3.05, 3.63) is 36.0 Å². The highest BCUT2D eigenvalue weighted by atomic mass is 32.1. The zero-order valence-electron chi connectivity index (χ0n) is 11.3. The summed E-state index contributed by atoms with van der Waals surface area (Å²) < 4.78 is 5.61. The number of hydrogen-bond donors (Lipinski definition) is 2. The molecule has 2 unspecified atom stereocenters. The molecule has 3 N–H and O–H groups in total. The number of aromatic nitrogens is 1. The number of hydrogen-bond acceptors (Lipinski definition) is 4. The number of nitrogens with one attached hydrogen (secondary N) is 1. The lowest BCUT2D eigenvalue weighted by Gasteiger charge is -2.21. The maximum atomic E-state index is 5.83. The van der Waals surface area contributed by atoms with Gasteiger partial charge in [0.2, 0.25) is 0 Å². The average Bonchev–Trinajstić information content (AvgIpc) is 2.84. The van der Waals surface area contributed by atoms with Crippen LogP contribution in [-0.2, 0) is 4.74 Å². The van der Waals surface area contributed by atoms with Gasteiger partial charge in [0.1, 0.15) is 4.99 Å². The lowest BCUT2D eigenvalue weighted by molar-refractivity contribution is 0.121. The van der Waals surface area contributed by atoms with Crippen LogP contribution in [0, 0.1) is 0 Å². The Morgan fingerprint density at radius 3 is 2.95 bits per heavy atom. The van der Waals surface area contributed by atoms with Gasteiger partial charge in [0.25, 0.3) is 0 Å². The summed E-state index contributed by atoms with van der Waals surface area (Å²) >= 11 is 5.15. The summed E-state index contributed by atoms with van der Waals surface area (Å²) in [7, 11) is 0. The molecule has 3 rings (SSSR count). The quantitative estimate of drug-likeness (QED) is 0.849. The van der Waals surface area contributed by atoms with Gasteiger partial charge in [-0.15, -0.1) is 0 Å². The van der Waals surface area contributed by atoms with E-state index in [1.807, 2.05) is 24.3 Å². The van der Waals surface area contributed by atoms with Gasteiger partial charge in [-0.3, -0.25) is 4.98 Å². The highest BCUT2D eigenvalue weighted by molar-refractivity contribution is 7.80. The molecule has 1 saturated heterocycles. The molecule has 0 spiro atoms. The molecule has 2 heterocycles. The van der Waals surface area contributed by atoms with Crippen LogP contribution >= 0.6 is 12.2 Å². The Kier molecular flexibility index (Phi) is 3.54. The molecule has 1 aliphatic rings. The molecule has 20 heavy (non-hydrogen) atoms. The molecule has 0 amide bonds. The van der Waals surface area contributed by atoms with Crippen molar-refractivity contribution in [1.29, 1.82) is 0 Å². The van der Waals surface area contributed by atoms with Crippen molar-refractivity contribution >= 4 is 33.8 Å². The minimum absolute atomic E-state index is 0.182. The Bertz CT molecular complexity index is 659. The fourth-order valence-electron chi connectivity index (χ4n) is 2.59. The van der Waals surface area contributed by atoms with Crippen LogP contribution in [0.4, 0.5) is 5.69 Å². The van der Waals surface area contributed by atoms with Crippen LogP contribution < -0.4 is 11.1 Å². The van der Waals surface area contributed by atoms with E-state index in [1.54, 1.807) is 6.20 Å². The summed E-state index contributed by atoms with van der Waals surface area (Å²) in [6.07, 6.45) is 2.91. The highest BCUT2D eigenvalue weighted by Crippen LogP contribution is 2.29. The molecular weight excluding hydrogens is 270 g/mol. The summed E-state index contributed by atoms with van der Waals surface area (Å²) in [6.45, 7) is 2.86. The molecule has 1 aromatic heterocycles. The number of nitrogens with zero attached hydrogens (tertiary/aromatic N) is 1. The predicted molar refractivity (Wildman–Crippen MR) is 85.1 cm³/mol. The standard InChI is InChI=1S/C15H17N3OS/c1-9-12(6-7-19-9)18-14-10-4-2-3-5-13(10)17-8-11(14)15(16)20/h2-5,8-9,12H,6-7H2,1H3,(H2,16,20)(H,17,18). The SMILES string of the molecule is CC1OCCC1Nc1c(C(N)=S)cnc2ccccc12. The van der Waals surface area contributed by atoms with Gasteiger partial charge in [0.15, 0.2) is 0 Å². The van der Waals surface area contributed by atoms with E-state index >= 15 is 0 Å². The van der Waals surface area contributed by atoms with Crippen LogP contribution in [-0.4, -0.2) is 28.7 Å². The van der Waals surface area contributed by atoms with Crippen LogP contribution in [0.2, 0.25) is 0 Å². The Morgan fingerprint density at radius 1 is 1.45 bits per heavy atom. The second-order valence-electron chi connectivity index (χ2n) is 5.04. The average molecular weight is 287 g/mol. The zero-order chi connectivity index (χ0) is 14.1. The largest absolute Gasteiger partial charge is 0.389 e. The molecule has 2 aromatic rings. The number of ether oxygens (including phenoxy) is 1. The van der Waals surface area contributed by atoms with Crippen molar-refractivity contribution in [1.82, 2.24) is 4.98 Å². The fourth-order valence-corrected chi connectivity index (χ4v) is 2.75. The van der Waals surface area contributed by atoms with E-state index in [4.69, 9.17) is 22.7 Å². The molecule has 4 nitrogen and oxygen atoms in total. The normalized spacial score (nSPS) is 22.1. The van der Waals surface area contributed by atoms with Crippen molar-refractivity contribution in [2.24, 2.45) is 5.73 Å². The van der Waals surface area contributed by atoms with E-state index in [0.717, 1.165) is 35.2 Å². The van der Waals surface area contributed by atoms with Crippen LogP contribution in [0.5, 0.6) is 0 Å². The molecule has 104 valence electrons. The number of fused-ring (bicyclic) bond motifs is 1. The third-order valence-electron chi connectivity index (χ3n) is 3.75. The molecule has 0 bridgehead atoms. The molecule has 0 radical (unpaired) electrons. The lowest BCUT2D eigenvalue weighted by Crippen LogP contribution is -2.28. The summed E-state index contributed by atoms with van der Waals surface area (Å²) in [5, 5.41) is 4.59. The Morgan fingerprint density at radius 2 is 2.25 bits per heavy atom. The second-order valence-corrected chi connectivity index (χ2v) is 5.48. The maximum Gasteiger partial charge on any atom is 0.107 e. The van der Waals surface area contributed by atoms with Gasteiger partial charge < -0.3 is 15.8 Å². The monoisotopic (exact) mass is 287 g/mol. The van der Waals surface area contributed by atoms with Crippen LogP contribution in [0.3, 0.4) is 0 Å². The van der Waals surface area contributed by atoms with E-state index in [2.05, 4.69) is 17.2 Å². The van der Waals surface area contributed by atoms with Crippen molar-refractivity contribution in [3.63, 3.8) is 0 Å². The first-order valence-electron chi connectivity index (χ1n) is 6.72. The van der Waals surface area contributed by atoms with Gasteiger partial charge >= 0.3 is 0 Å². The van der Waals surface area contributed by atoms with Gasteiger partial charge in [-0.1, -0.05) is 30.4 Å².